The summed E-state index contributed by atoms with van der Waals surface area (Å²) in [4.78, 5) is 4.41. The molecule has 1 N–H and O–H groups in total. The van der Waals surface area contributed by atoms with E-state index in [1.807, 2.05) is 32.0 Å². The van der Waals surface area contributed by atoms with Crippen LogP contribution < -0.4 is 4.74 Å². The molecule has 4 heteroatoms. The molecule has 1 heterocycles. The van der Waals surface area contributed by atoms with Crippen molar-refractivity contribution in [2.45, 2.75) is 26.2 Å². The molecular formula is C13H17NO3. The van der Waals surface area contributed by atoms with Crippen LogP contribution in [0.3, 0.4) is 0 Å². The molecule has 2 rings (SSSR count). The van der Waals surface area contributed by atoms with E-state index in [1.54, 1.807) is 0 Å². The molecule has 0 amide bonds. The Morgan fingerprint density at radius 2 is 2.24 bits per heavy atom. The molecule has 0 aliphatic carbocycles. The maximum Gasteiger partial charge on any atom is 0.198 e. The maximum atomic E-state index is 8.67. The van der Waals surface area contributed by atoms with Gasteiger partial charge in [-0.15, -0.1) is 0 Å². The SMILES string of the molecule is CC(C)c1nc2cc(OCCCO)ccc2o1. The quantitative estimate of drug-likeness (QED) is 0.809. The molecular weight excluding hydrogens is 218 g/mol. The average Bonchev–Trinajstić information content (AvgIpc) is 2.72. The Kier molecular flexibility index (Phi) is 3.64. The first-order valence-electron chi connectivity index (χ1n) is 5.85. The van der Waals surface area contributed by atoms with E-state index in [0.717, 1.165) is 22.7 Å². The van der Waals surface area contributed by atoms with Crippen LogP contribution in [0, 0.1) is 0 Å². The van der Waals surface area contributed by atoms with Crippen LogP contribution in [0.25, 0.3) is 11.1 Å². The molecule has 0 bridgehead atoms. The zero-order chi connectivity index (χ0) is 12.3. The van der Waals surface area contributed by atoms with Gasteiger partial charge in [0.1, 0.15) is 11.3 Å². The third kappa shape index (κ3) is 2.77. The molecule has 0 atom stereocenters. The average molecular weight is 235 g/mol. The summed E-state index contributed by atoms with van der Waals surface area (Å²) in [5.74, 6) is 1.78. The molecule has 0 aliphatic rings. The minimum atomic E-state index is 0.143. The van der Waals surface area contributed by atoms with Gasteiger partial charge in [0, 0.05) is 25.0 Å². The molecule has 0 aliphatic heterocycles. The van der Waals surface area contributed by atoms with Crippen LogP contribution >= 0.6 is 0 Å². The Labute approximate surface area is 100 Å². The zero-order valence-corrected chi connectivity index (χ0v) is 10.1. The van der Waals surface area contributed by atoms with Crippen LogP contribution in [0.4, 0.5) is 0 Å². The lowest BCUT2D eigenvalue weighted by molar-refractivity contribution is 0.233. The highest BCUT2D eigenvalue weighted by Gasteiger charge is 2.09. The summed E-state index contributed by atoms with van der Waals surface area (Å²) in [7, 11) is 0. The summed E-state index contributed by atoms with van der Waals surface area (Å²) in [6.45, 7) is 4.74. The molecule has 0 unspecified atom stereocenters. The van der Waals surface area contributed by atoms with Gasteiger partial charge in [-0.25, -0.2) is 4.98 Å². The van der Waals surface area contributed by atoms with Crippen molar-refractivity contribution in [1.29, 1.82) is 0 Å². The second-order valence-electron chi connectivity index (χ2n) is 4.26. The highest BCUT2D eigenvalue weighted by molar-refractivity contribution is 5.74. The number of oxazole rings is 1. The predicted molar refractivity (Wildman–Crippen MR) is 65.3 cm³/mol. The van der Waals surface area contributed by atoms with Crippen LogP contribution in [0.5, 0.6) is 5.75 Å². The van der Waals surface area contributed by atoms with E-state index < -0.39 is 0 Å². The second-order valence-corrected chi connectivity index (χ2v) is 4.26. The molecule has 1 aromatic heterocycles. The first-order valence-corrected chi connectivity index (χ1v) is 5.85. The Bertz CT molecular complexity index is 490. The third-order valence-corrected chi connectivity index (χ3v) is 2.44. The molecule has 0 fully saturated rings. The van der Waals surface area contributed by atoms with Gasteiger partial charge in [-0.3, -0.25) is 0 Å². The lowest BCUT2D eigenvalue weighted by atomic mass is 10.2. The summed E-state index contributed by atoms with van der Waals surface area (Å²) in [6, 6.07) is 5.58. The second kappa shape index (κ2) is 5.19. The standard InChI is InChI=1S/C13H17NO3/c1-9(2)13-14-11-8-10(16-7-3-6-15)4-5-12(11)17-13/h4-5,8-9,15H,3,6-7H2,1-2H3. The van der Waals surface area contributed by atoms with Gasteiger partial charge < -0.3 is 14.3 Å². The largest absolute Gasteiger partial charge is 0.493 e. The molecule has 92 valence electrons. The van der Waals surface area contributed by atoms with E-state index in [-0.39, 0.29) is 12.5 Å². The number of aliphatic hydroxyl groups excluding tert-OH is 1. The van der Waals surface area contributed by atoms with Gasteiger partial charge in [0.15, 0.2) is 11.5 Å². The number of aromatic nitrogens is 1. The van der Waals surface area contributed by atoms with Crippen molar-refractivity contribution in [2.24, 2.45) is 0 Å². The van der Waals surface area contributed by atoms with Crippen LogP contribution in [0.2, 0.25) is 0 Å². The number of hydrogen-bond donors (Lipinski definition) is 1. The molecule has 17 heavy (non-hydrogen) atoms. The highest BCUT2D eigenvalue weighted by Crippen LogP contribution is 2.24. The Hall–Kier alpha value is -1.55. The van der Waals surface area contributed by atoms with E-state index in [4.69, 9.17) is 14.3 Å². The number of ether oxygens (including phenoxy) is 1. The van der Waals surface area contributed by atoms with Crippen molar-refractivity contribution in [1.82, 2.24) is 4.98 Å². The number of aliphatic hydroxyl groups is 1. The third-order valence-electron chi connectivity index (χ3n) is 2.44. The molecule has 0 spiro atoms. The number of rotatable bonds is 5. The fourth-order valence-corrected chi connectivity index (χ4v) is 1.52. The van der Waals surface area contributed by atoms with Crippen LogP contribution in [-0.4, -0.2) is 23.3 Å². The Balaban J connectivity index is 2.18. The lowest BCUT2D eigenvalue weighted by Crippen LogP contribution is -1.99. The molecule has 0 saturated heterocycles. The van der Waals surface area contributed by atoms with Gasteiger partial charge in [-0.2, -0.15) is 0 Å². The predicted octanol–water partition coefficient (Wildman–Crippen LogP) is 2.71. The summed E-state index contributed by atoms with van der Waals surface area (Å²) in [5.41, 5.74) is 1.60. The highest BCUT2D eigenvalue weighted by atomic mass is 16.5. The number of nitrogens with zero attached hydrogens (tertiary/aromatic N) is 1. The van der Waals surface area contributed by atoms with Crippen molar-refractivity contribution in [3.8, 4) is 5.75 Å². The van der Waals surface area contributed by atoms with Gasteiger partial charge in [-0.1, -0.05) is 13.8 Å². The fraction of sp³-hybridized carbons (Fsp3) is 0.462. The molecule has 2 aromatic rings. The van der Waals surface area contributed by atoms with E-state index in [9.17, 15) is 0 Å². The number of hydrogen-bond acceptors (Lipinski definition) is 4. The zero-order valence-electron chi connectivity index (χ0n) is 10.1. The van der Waals surface area contributed by atoms with Gasteiger partial charge in [0.2, 0.25) is 0 Å². The van der Waals surface area contributed by atoms with E-state index in [1.165, 1.54) is 0 Å². The molecule has 1 aromatic carbocycles. The summed E-state index contributed by atoms with van der Waals surface area (Å²) in [6.07, 6.45) is 0.633. The van der Waals surface area contributed by atoms with Gasteiger partial charge in [0.25, 0.3) is 0 Å². The van der Waals surface area contributed by atoms with Gasteiger partial charge >= 0.3 is 0 Å². The first-order chi connectivity index (χ1) is 8.20. The van der Waals surface area contributed by atoms with Gasteiger partial charge in [-0.05, 0) is 12.1 Å². The number of benzene rings is 1. The molecule has 0 saturated carbocycles. The topological polar surface area (TPSA) is 55.5 Å². The van der Waals surface area contributed by atoms with Crippen molar-refractivity contribution in [3.63, 3.8) is 0 Å². The van der Waals surface area contributed by atoms with Crippen molar-refractivity contribution < 1.29 is 14.3 Å². The minimum Gasteiger partial charge on any atom is -0.493 e. The Morgan fingerprint density at radius 1 is 1.41 bits per heavy atom. The summed E-state index contributed by atoms with van der Waals surface area (Å²) < 4.78 is 11.1. The fourth-order valence-electron chi connectivity index (χ4n) is 1.52. The van der Waals surface area contributed by atoms with E-state index in [2.05, 4.69) is 4.98 Å². The lowest BCUT2D eigenvalue weighted by Gasteiger charge is -2.03. The maximum absolute atomic E-state index is 8.67. The smallest absolute Gasteiger partial charge is 0.198 e. The van der Waals surface area contributed by atoms with Crippen LogP contribution in [0.15, 0.2) is 22.6 Å². The normalized spacial score (nSPS) is 11.3. The van der Waals surface area contributed by atoms with Crippen molar-refractivity contribution >= 4 is 11.1 Å². The Morgan fingerprint density at radius 3 is 2.94 bits per heavy atom. The summed E-state index contributed by atoms with van der Waals surface area (Å²) >= 11 is 0. The minimum absolute atomic E-state index is 0.143. The number of fused-ring (bicyclic) bond motifs is 1. The first kappa shape index (κ1) is 11.9. The molecule has 0 radical (unpaired) electrons. The van der Waals surface area contributed by atoms with Crippen LogP contribution in [0.1, 0.15) is 32.1 Å². The molecule has 4 nitrogen and oxygen atoms in total. The van der Waals surface area contributed by atoms with E-state index in [0.29, 0.717) is 13.0 Å². The summed E-state index contributed by atoms with van der Waals surface area (Å²) in [5, 5.41) is 8.67. The van der Waals surface area contributed by atoms with Crippen molar-refractivity contribution in [3.05, 3.63) is 24.1 Å². The van der Waals surface area contributed by atoms with E-state index >= 15 is 0 Å². The van der Waals surface area contributed by atoms with Gasteiger partial charge in [0.05, 0.1) is 6.61 Å². The van der Waals surface area contributed by atoms with Crippen molar-refractivity contribution in [2.75, 3.05) is 13.2 Å². The monoisotopic (exact) mass is 235 g/mol. The van der Waals surface area contributed by atoms with Crippen LogP contribution in [-0.2, 0) is 0 Å².